The number of aryl methyl sites for hydroxylation is 1. The highest BCUT2D eigenvalue weighted by molar-refractivity contribution is 5.90. The van der Waals surface area contributed by atoms with Crippen molar-refractivity contribution in [2.24, 2.45) is 0 Å². The topological polar surface area (TPSA) is 67.0 Å². The van der Waals surface area contributed by atoms with Crippen molar-refractivity contribution in [1.29, 1.82) is 0 Å². The Bertz CT molecular complexity index is 855. The number of aromatic nitrogens is 2. The van der Waals surface area contributed by atoms with Crippen molar-refractivity contribution in [3.05, 3.63) is 59.4 Å². The van der Waals surface area contributed by atoms with Crippen molar-refractivity contribution < 1.29 is 9.53 Å². The Hall–Kier alpha value is -2.82. The van der Waals surface area contributed by atoms with E-state index in [-0.39, 0.29) is 5.91 Å². The molecule has 5 heteroatoms. The number of hydrogen-bond acceptors (Lipinski definition) is 3. The molecule has 2 N–H and O–H groups in total. The lowest BCUT2D eigenvalue weighted by molar-refractivity contribution is -0.120. The number of benzene rings is 1. The van der Waals surface area contributed by atoms with Crippen LogP contribution in [-0.4, -0.2) is 22.5 Å². The summed E-state index contributed by atoms with van der Waals surface area (Å²) >= 11 is 0. The Morgan fingerprint density at radius 2 is 2.08 bits per heavy atom. The van der Waals surface area contributed by atoms with E-state index in [9.17, 15) is 4.79 Å². The molecule has 0 aliphatic rings. The molecular formula is C19H21N3O2. The molecule has 3 aromatic rings. The summed E-state index contributed by atoms with van der Waals surface area (Å²) in [5.41, 5.74) is 4.01. The van der Waals surface area contributed by atoms with E-state index in [1.165, 1.54) is 0 Å². The molecule has 5 nitrogen and oxygen atoms in total. The summed E-state index contributed by atoms with van der Waals surface area (Å²) in [6.07, 6.45) is 2.03. The lowest BCUT2D eigenvalue weighted by atomic mass is 10.1. The highest BCUT2D eigenvalue weighted by Gasteiger charge is 2.13. The average molecular weight is 323 g/mol. The minimum atomic E-state index is -0.0193. The smallest absolute Gasteiger partial charge is 0.224 e. The SMILES string of the molecule is CCOc1ncccc1CNC(=O)Cc1c(C)[nH]c2ccccc12. The molecule has 0 saturated heterocycles. The first kappa shape index (κ1) is 16.1. The fourth-order valence-electron chi connectivity index (χ4n) is 2.80. The summed E-state index contributed by atoms with van der Waals surface area (Å²) < 4.78 is 5.48. The van der Waals surface area contributed by atoms with Gasteiger partial charge in [-0.1, -0.05) is 24.3 Å². The molecule has 124 valence electrons. The van der Waals surface area contributed by atoms with Crippen molar-refractivity contribution in [3.63, 3.8) is 0 Å². The number of nitrogens with one attached hydrogen (secondary N) is 2. The van der Waals surface area contributed by atoms with Gasteiger partial charge in [-0.15, -0.1) is 0 Å². The van der Waals surface area contributed by atoms with Crippen LogP contribution in [0.15, 0.2) is 42.6 Å². The lowest BCUT2D eigenvalue weighted by Gasteiger charge is -2.10. The Morgan fingerprint density at radius 3 is 2.92 bits per heavy atom. The molecule has 1 amide bonds. The van der Waals surface area contributed by atoms with Gasteiger partial charge in [0.25, 0.3) is 0 Å². The molecule has 0 atom stereocenters. The van der Waals surface area contributed by atoms with Gasteiger partial charge in [0.15, 0.2) is 0 Å². The number of amides is 1. The maximum atomic E-state index is 12.4. The summed E-state index contributed by atoms with van der Waals surface area (Å²) in [4.78, 5) is 19.9. The maximum Gasteiger partial charge on any atom is 0.224 e. The van der Waals surface area contributed by atoms with Crippen LogP contribution in [0.1, 0.15) is 23.7 Å². The molecule has 2 aromatic heterocycles. The highest BCUT2D eigenvalue weighted by atomic mass is 16.5. The van der Waals surface area contributed by atoms with Gasteiger partial charge < -0.3 is 15.0 Å². The number of carbonyl (C=O) groups excluding carboxylic acids is 1. The number of ether oxygens (including phenoxy) is 1. The highest BCUT2D eigenvalue weighted by Crippen LogP contribution is 2.22. The summed E-state index contributed by atoms with van der Waals surface area (Å²) in [6.45, 7) is 4.86. The molecule has 0 aliphatic heterocycles. The number of aromatic amines is 1. The Balaban J connectivity index is 1.69. The molecular weight excluding hydrogens is 302 g/mol. The zero-order chi connectivity index (χ0) is 16.9. The Morgan fingerprint density at radius 1 is 1.25 bits per heavy atom. The third-order valence-electron chi connectivity index (χ3n) is 3.97. The fourth-order valence-corrected chi connectivity index (χ4v) is 2.80. The van der Waals surface area contributed by atoms with E-state index in [0.29, 0.717) is 25.5 Å². The van der Waals surface area contributed by atoms with Crippen LogP contribution in [-0.2, 0) is 17.8 Å². The molecule has 1 aromatic carbocycles. The first-order chi connectivity index (χ1) is 11.7. The van der Waals surface area contributed by atoms with Crippen LogP contribution in [0.4, 0.5) is 0 Å². The second-order valence-electron chi connectivity index (χ2n) is 5.63. The monoisotopic (exact) mass is 323 g/mol. The zero-order valence-corrected chi connectivity index (χ0v) is 13.9. The van der Waals surface area contributed by atoms with E-state index < -0.39 is 0 Å². The van der Waals surface area contributed by atoms with Gasteiger partial charge in [0.2, 0.25) is 11.8 Å². The van der Waals surface area contributed by atoms with Crippen molar-refractivity contribution in [2.75, 3.05) is 6.61 Å². The number of carbonyl (C=O) groups is 1. The lowest BCUT2D eigenvalue weighted by Crippen LogP contribution is -2.25. The van der Waals surface area contributed by atoms with Crippen LogP contribution < -0.4 is 10.1 Å². The number of nitrogens with zero attached hydrogens (tertiary/aromatic N) is 1. The molecule has 0 saturated carbocycles. The van der Waals surface area contributed by atoms with Crippen LogP contribution in [0.5, 0.6) is 5.88 Å². The fraction of sp³-hybridized carbons (Fsp3) is 0.263. The van der Waals surface area contributed by atoms with Crippen LogP contribution >= 0.6 is 0 Å². The van der Waals surface area contributed by atoms with Crippen molar-refractivity contribution in [3.8, 4) is 5.88 Å². The minimum absolute atomic E-state index is 0.0193. The quantitative estimate of drug-likeness (QED) is 0.732. The normalized spacial score (nSPS) is 10.8. The van der Waals surface area contributed by atoms with Crippen molar-refractivity contribution in [2.45, 2.75) is 26.8 Å². The Kier molecular flexibility index (Phi) is 4.79. The number of pyridine rings is 1. The average Bonchev–Trinajstić information content (AvgIpc) is 2.90. The molecule has 0 radical (unpaired) electrons. The van der Waals surface area contributed by atoms with Crippen LogP contribution in [0, 0.1) is 6.92 Å². The zero-order valence-electron chi connectivity index (χ0n) is 13.9. The number of para-hydroxylation sites is 1. The Labute approximate surface area is 141 Å². The van der Waals surface area contributed by atoms with Gasteiger partial charge in [-0.2, -0.15) is 0 Å². The number of H-pyrrole nitrogens is 1. The first-order valence-electron chi connectivity index (χ1n) is 8.08. The van der Waals surface area contributed by atoms with Gasteiger partial charge >= 0.3 is 0 Å². The van der Waals surface area contributed by atoms with E-state index in [2.05, 4.69) is 15.3 Å². The minimum Gasteiger partial charge on any atom is -0.478 e. The molecule has 24 heavy (non-hydrogen) atoms. The third-order valence-corrected chi connectivity index (χ3v) is 3.97. The van der Waals surface area contributed by atoms with E-state index >= 15 is 0 Å². The van der Waals surface area contributed by atoms with Gasteiger partial charge in [-0.3, -0.25) is 4.79 Å². The first-order valence-corrected chi connectivity index (χ1v) is 8.08. The molecule has 0 spiro atoms. The van der Waals surface area contributed by atoms with Gasteiger partial charge in [-0.05, 0) is 31.5 Å². The van der Waals surface area contributed by atoms with Crippen molar-refractivity contribution in [1.82, 2.24) is 15.3 Å². The standard InChI is InChI=1S/C19H21N3O2/c1-3-24-19-14(7-6-10-20-19)12-21-18(23)11-16-13(2)22-17-9-5-4-8-15(16)17/h4-10,22H,3,11-12H2,1-2H3,(H,21,23). The predicted octanol–water partition coefficient (Wildman–Crippen LogP) is 3.13. The van der Waals surface area contributed by atoms with Gasteiger partial charge in [0.1, 0.15) is 0 Å². The van der Waals surface area contributed by atoms with Gasteiger partial charge in [0, 0.05) is 34.9 Å². The molecule has 0 unspecified atom stereocenters. The summed E-state index contributed by atoms with van der Waals surface area (Å²) in [5.74, 6) is 0.553. The summed E-state index contributed by atoms with van der Waals surface area (Å²) in [7, 11) is 0. The molecule has 0 fully saturated rings. The molecule has 0 bridgehead atoms. The summed E-state index contributed by atoms with van der Waals surface area (Å²) in [5, 5.41) is 4.05. The van der Waals surface area contributed by atoms with E-state index in [0.717, 1.165) is 27.7 Å². The molecule has 2 heterocycles. The third kappa shape index (κ3) is 3.40. The molecule has 0 aliphatic carbocycles. The van der Waals surface area contributed by atoms with Gasteiger partial charge in [0.05, 0.1) is 13.0 Å². The number of rotatable bonds is 6. The van der Waals surface area contributed by atoms with E-state index in [1.807, 2.05) is 50.2 Å². The van der Waals surface area contributed by atoms with Crippen LogP contribution in [0.25, 0.3) is 10.9 Å². The van der Waals surface area contributed by atoms with E-state index in [4.69, 9.17) is 4.74 Å². The van der Waals surface area contributed by atoms with E-state index in [1.54, 1.807) is 6.20 Å². The second-order valence-corrected chi connectivity index (χ2v) is 5.63. The largest absolute Gasteiger partial charge is 0.478 e. The number of fused-ring (bicyclic) bond motifs is 1. The summed E-state index contributed by atoms with van der Waals surface area (Å²) in [6, 6.07) is 11.8. The van der Waals surface area contributed by atoms with Crippen molar-refractivity contribution >= 4 is 16.8 Å². The second kappa shape index (κ2) is 7.17. The van der Waals surface area contributed by atoms with Crippen LogP contribution in [0.2, 0.25) is 0 Å². The van der Waals surface area contributed by atoms with Crippen LogP contribution in [0.3, 0.4) is 0 Å². The molecule has 3 rings (SSSR count). The number of hydrogen-bond donors (Lipinski definition) is 2. The maximum absolute atomic E-state index is 12.4. The predicted molar refractivity (Wildman–Crippen MR) is 94.0 cm³/mol. The van der Waals surface area contributed by atoms with Gasteiger partial charge in [-0.25, -0.2) is 4.98 Å².